The van der Waals surface area contributed by atoms with Crippen molar-refractivity contribution in [2.45, 2.75) is 26.3 Å². The lowest BCUT2D eigenvalue weighted by Crippen LogP contribution is -2.40. The van der Waals surface area contributed by atoms with Crippen LogP contribution in [-0.4, -0.2) is 24.5 Å². The fourth-order valence-corrected chi connectivity index (χ4v) is 2.80. The fraction of sp³-hybridized carbons (Fsp3) is 0.250. The Labute approximate surface area is 157 Å². The van der Waals surface area contributed by atoms with Gasteiger partial charge in [0.1, 0.15) is 11.3 Å². The van der Waals surface area contributed by atoms with Crippen LogP contribution < -0.4 is 20.7 Å². The third-order valence-corrected chi connectivity index (χ3v) is 4.62. The van der Waals surface area contributed by atoms with Crippen molar-refractivity contribution in [2.24, 2.45) is 0 Å². The fourth-order valence-electron chi connectivity index (χ4n) is 2.80. The molecular formula is C20H21N3O4. The number of benzene rings is 2. The average molecular weight is 367 g/mol. The van der Waals surface area contributed by atoms with Crippen LogP contribution in [-0.2, 0) is 15.1 Å². The van der Waals surface area contributed by atoms with Crippen molar-refractivity contribution in [3.8, 4) is 5.75 Å². The number of urea groups is 1. The minimum Gasteiger partial charge on any atom is -0.484 e. The summed E-state index contributed by atoms with van der Waals surface area (Å²) in [5.74, 6) is -0.135. The number of nitrogens with one attached hydrogen (secondary N) is 3. The Balaban J connectivity index is 1.65. The van der Waals surface area contributed by atoms with E-state index < -0.39 is 17.5 Å². The highest BCUT2D eigenvalue weighted by molar-refractivity contribution is 6.07. The van der Waals surface area contributed by atoms with E-state index in [4.69, 9.17) is 4.74 Å². The molecule has 2 aromatic rings. The Morgan fingerprint density at radius 1 is 1.11 bits per heavy atom. The molecule has 2 aromatic carbocycles. The summed E-state index contributed by atoms with van der Waals surface area (Å²) < 4.78 is 5.52. The zero-order valence-corrected chi connectivity index (χ0v) is 15.4. The zero-order valence-electron chi connectivity index (χ0n) is 15.4. The van der Waals surface area contributed by atoms with Gasteiger partial charge in [0.2, 0.25) is 0 Å². The molecule has 4 amide bonds. The first-order chi connectivity index (χ1) is 12.8. The standard InChI is InChI=1S/C20H21N3O4/c1-12-7-8-16(9-13(12)2)27-11-17(24)21-15-6-4-5-14(10-15)20(3)18(25)22-19(26)23-20/h4-10H,11H2,1-3H3,(H,21,24)(H2,22,23,25,26). The lowest BCUT2D eigenvalue weighted by atomic mass is 9.92. The molecule has 1 unspecified atom stereocenters. The number of ether oxygens (including phenoxy) is 1. The number of amides is 4. The molecule has 3 rings (SSSR count). The summed E-state index contributed by atoms with van der Waals surface area (Å²) in [5, 5.41) is 7.55. The minimum atomic E-state index is -1.17. The van der Waals surface area contributed by atoms with E-state index in [2.05, 4.69) is 16.0 Å². The molecule has 0 radical (unpaired) electrons. The molecule has 1 atom stereocenters. The first-order valence-electron chi connectivity index (χ1n) is 8.52. The minimum absolute atomic E-state index is 0.138. The Morgan fingerprint density at radius 2 is 1.89 bits per heavy atom. The van der Waals surface area contributed by atoms with Crippen molar-refractivity contribution >= 4 is 23.5 Å². The Morgan fingerprint density at radius 3 is 2.56 bits per heavy atom. The molecule has 7 heteroatoms. The van der Waals surface area contributed by atoms with Crippen molar-refractivity contribution in [1.82, 2.24) is 10.6 Å². The molecule has 0 aromatic heterocycles. The van der Waals surface area contributed by atoms with E-state index in [1.807, 2.05) is 32.0 Å². The van der Waals surface area contributed by atoms with Crippen LogP contribution in [0.2, 0.25) is 0 Å². The van der Waals surface area contributed by atoms with Gasteiger partial charge in [-0.1, -0.05) is 18.2 Å². The predicted octanol–water partition coefficient (Wildman–Crippen LogP) is 2.38. The van der Waals surface area contributed by atoms with E-state index in [9.17, 15) is 14.4 Å². The summed E-state index contributed by atoms with van der Waals surface area (Å²) in [6, 6.07) is 11.9. The molecule has 1 fully saturated rings. The number of hydrogen-bond acceptors (Lipinski definition) is 4. The van der Waals surface area contributed by atoms with Gasteiger partial charge in [-0.05, 0) is 61.7 Å². The molecule has 7 nitrogen and oxygen atoms in total. The number of carbonyl (C=O) groups excluding carboxylic acids is 3. The molecule has 140 valence electrons. The molecule has 0 spiro atoms. The summed E-state index contributed by atoms with van der Waals surface area (Å²) in [7, 11) is 0. The second-order valence-corrected chi connectivity index (χ2v) is 6.70. The number of rotatable bonds is 5. The van der Waals surface area contributed by atoms with E-state index >= 15 is 0 Å². The SMILES string of the molecule is Cc1ccc(OCC(=O)Nc2cccc(C3(C)NC(=O)NC3=O)c2)cc1C. The van der Waals surface area contributed by atoms with Crippen LogP contribution in [0.5, 0.6) is 5.75 Å². The van der Waals surface area contributed by atoms with Crippen molar-refractivity contribution in [2.75, 3.05) is 11.9 Å². The molecule has 1 aliphatic rings. The topological polar surface area (TPSA) is 96.5 Å². The number of anilines is 1. The van der Waals surface area contributed by atoms with Gasteiger partial charge >= 0.3 is 6.03 Å². The second-order valence-electron chi connectivity index (χ2n) is 6.70. The van der Waals surface area contributed by atoms with Gasteiger partial charge in [-0.25, -0.2) is 4.79 Å². The van der Waals surface area contributed by atoms with Crippen molar-refractivity contribution in [3.05, 3.63) is 59.2 Å². The molecule has 0 aliphatic carbocycles. The highest BCUT2D eigenvalue weighted by Crippen LogP contribution is 2.26. The van der Waals surface area contributed by atoms with E-state index in [1.54, 1.807) is 31.2 Å². The highest BCUT2D eigenvalue weighted by atomic mass is 16.5. The van der Waals surface area contributed by atoms with Gasteiger partial charge in [-0.3, -0.25) is 14.9 Å². The molecule has 0 saturated carbocycles. The van der Waals surface area contributed by atoms with Crippen LogP contribution in [0.1, 0.15) is 23.6 Å². The van der Waals surface area contributed by atoms with Crippen molar-refractivity contribution in [1.29, 1.82) is 0 Å². The maximum absolute atomic E-state index is 12.2. The first kappa shape index (κ1) is 18.4. The van der Waals surface area contributed by atoms with E-state index in [-0.39, 0.29) is 12.5 Å². The summed E-state index contributed by atoms with van der Waals surface area (Å²) in [5.41, 5.74) is 2.15. The van der Waals surface area contributed by atoms with Gasteiger partial charge in [-0.2, -0.15) is 0 Å². The largest absolute Gasteiger partial charge is 0.484 e. The second kappa shape index (κ2) is 7.11. The quantitative estimate of drug-likeness (QED) is 0.707. The van der Waals surface area contributed by atoms with E-state index in [0.29, 0.717) is 17.0 Å². The summed E-state index contributed by atoms with van der Waals surface area (Å²) in [4.78, 5) is 35.7. The van der Waals surface area contributed by atoms with Gasteiger partial charge in [-0.15, -0.1) is 0 Å². The van der Waals surface area contributed by atoms with Gasteiger partial charge in [0.05, 0.1) is 0 Å². The summed E-state index contributed by atoms with van der Waals surface area (Å²) >= 11 is 0. The maximum atomic E-state index is 12.2. The Bertz CT molecular complexity index is 925. The monoisotopic (exact) mass is 367 g/mol. The number of imide groups is 1. The zero-order chi connectivity index (χ0) is 19.6. The van der Waals surface area contributed by atoms with Crippen molar-refractivity contribution < 1.29 is 19.1 Å². The number of aryl methyl sites for hydroxylation is 2. The third-order valence-electron chi connectivity index (χ3n) is 4.62. The number of hydrogen-bond donors (Lipinski definition) is 3. The van der Waals surface area contributed by atoms with E-state index in [1.165, 1.54) is 0 Å². The summed E-state index contributed by atoms with van der Waals surface area (Å²) in [6.07, 6.45) is 0. The average Bonchev–Trinajstić information content (AvgIpc) is 2.89. The molecule has 1 saturated heterocycles. The van der Waals surface area contributed by atoms with Crippen LogP contribution in [0.3, 0.4) is 0 Å². The normalized spacial score (nSPS) is 18.6. The molecule has 3 N–H and O–H groups in total. The van der Waals surface area contributed by atoms with Crippen LogP contribution in [0, 0.1) is 13.8 Å². The van der Waals surface area contributed by atoms with Crippen LogP contribution in [0.25, 0.3) is 0 Å². The lowest BCUT2D eigenvalue weighted by molar-refractivity contribution is -0.123. The van der Waals surface area contributed by atoms with Crippen LogP contribution in [0.4, 0.5) is 10.5 Å². The van der Waals surface area contributed by atoms with Crippen LogP contribution >= 0.6 is 0 Å². The maximum Gasteiger partial charge on any atom is 0.322 e. The van der Waals surface area contributed by atoms with Gasteiger partial charge in [0.15, 0.2) is 6.61 Å². The summed E-state index contributed by atoms with van der Waals surface area (Å²) in [6.45, 7) is 5.46. The molecule has 1 aliphatic heterocycles. The highest BCUT2D eigenvalue weighted by Gasteiger charge is 2.43. The van der Waals surface area contributed by atoms with Gasteiger partial charge in [0, 0.05) is 5.69 Å². The molecule has 1 heterocycles. The predicted molar refractivity (Wildman–Crippen MR) is 101 cm³/mol. The Hall–Kier alpha value is -3.35. The Kier molecular flexibility index (Phi) is 4.85. The van der Waals surface area contributed by atoms with Gasteiger partial charge < -0.3 is 15.4 Å². The molecule has 27 heavy (non-hydrogen) atoms. The molecule has 0 bridgehead atoms. The van der Waals surface area contributed by atoms with Gasteiger partial charge in [0.25, 0.3) is 11.8 Å². The third kappa shape index (κ3) is 3.92. The first-order valence-corrected chi connectivity index (χ1v) is 8.52. The van der Waals surface area contributed by atoms with E-state index in [0.717, 1.165) is 11.1 Å². The lowest BCUT2D eigenvalue weighted by Gasteiger charge is -2.21. The number of carbonyl (C=O) groups is 3. The van der Waals surface area contributed by atoms with Crippen molar-refractivity contribution in [3.63, 3.8) is 0 Å². The smallest absolute Gasteiger partial charge is 0.322 e. The molecular weight excluding hydrogens is 346 g/mol. The van der Waals surface area contributed by atoms with Crippen LogP contribution in [0.15, 0.2) is 42.5 Å².